The Morgan fingerprint density at radius 3 is 2.81 bits per heavy atom. The van der Waals surface area contributed by atoms with E-state index >= 15 is 0 Å². The van der Waals surface area contributed by atoms with E-state index in [4.69, 9.17) is 4.74 Å². The van der Waals surface area contributed by atoms with E-state index in [1.165, 1.54) is 4.80 Å². The van der Waals surface area contributed by atoms with E-state index in [1.807, 2.05) is 25.2 Å². The molecule has 1 aliphatic carbocycles. The zero-order valence-electron chi connectivity index (χ0n) is 18.1. The molecule has 0 aliphatic heterocycles. The lowest BCUT2D eigenvalue weighted by Gasteiger charge is -2.10. The van der Waals surface area contributed by atoms with Gasteiger partial charge >= 0.3 is 0 Å². The fourth-order valence-corrected chi connectivity index (χ4v) is 3.84. The largest absolute Gasteiger partial charge is 0.495 e. The Morgan fingerprint density at radius 1 is 1.31 bits per heavy atom. The van der Waals surface area contributed by atoms with Crippen LogP contribution in [0.1, 0.15) is 18.4 Å². The van der Waals surface area contributed by atoms with Crippen LogP contribution < -0.4 is 15.4 Å². The number of rotatable bonds is 7. The number of aromatic nitrogens is 6. The van der Waals surface area contributed by atoms with Gasteiger partial charge in [-0.1, -0.05) is 6.07 Å². The van der Waals surface area contributed by atoms with Gasteiger partial charge in [-0.2, -0.15) is 4.80 Å². The van der Waals surface area contributed by atoms with Gasteiger partial charge in [0, 0.05) is 29.6 Å². The van der Waals surface area contributed by atoms with Crippen LogP contribution in [0.15, 0.2) is 30.5 Å². The maximum Gasteiger partial charge on any atom is 0.228 e. The van der Waals surface area contributed by atoms with E-state index < -0.39 is 0 Å². The zero-order valence-corrected chi connectivity index (χ0v) is 18.1. The Labute approximate surface area is 184 Å². The number of anilines is 1. The first-order chi connectivity index (χ1) is 15.6. The third-order valence-corrected chi connectivity index (χ3v) is 5.57. The minimum Gasteiger partial charge on any atom is -0.495 e. The van der Waals surface area contributed by atoms with Crippen molar-refractivity contribution in [2.24, 2.45) is 13.0 Å². The van der Waals surface area contributed by atoms with Gasteiger partial charge in [-0.15, -0.1) is 10.2 Å². The lowest BCUT2D eigenvalue weighted by atomic mass is 10.0. The Balaban J connectivity index is 1.64. The van der Waals surface area contributed by atoms with Gasteiger partial charge < -0.3 is 20.4 Å². The minimum absolute atomic E-state index is 0.0182. The molecular weight excluding hydrogens is 408 g/mol. The molecule has 3 N–H and O–H groups in total. The van der Waals surface area contributed by atoms with Gasteiger partial charge in [0.2, 0.25) is 11.7 Å². The number of ether oxygens (including phenoxy) is 1. The van der Waals surface area contributed by atoms with Crippen molar-refractivity contribution in [3.63, 3.8) is 0 Å². The zero-order chi connectivity index (χ0) is 22.2. The summed E-state index contributed by atoms with van der Waals surface area (Å²) in [6, 6.07) is 7.86. The Kier molecular flexibility index (Phi) is 5.06. The minimum atomic E-state index is 0.0182. The summed E-state index contributed by atoms with van der Waals surface area (Å²) >= 11 is 0. The molecule has 0 spiro atoms. The maximum absolute atomic E-state index is 12.4. The van der Waals surface area contributed by atoms with Crippen LogP contribution in [0, 0.1) is 5.92 Å². The molecule has 1 saturated carbocycles. The number of carbonyl (C=O) groups is 1. The van der Waals surface area contributed by atoms with Gasteiger partial charge in [-0.25, -0.2) is 4.98 Å². The summed E-state index contributed by atoms with van der Waals surface area (Å²) in [5, 5.41) is 19.5. The van der Waals surface area contributed by atoms with Crippen LogP contribution >= 0.6 is 0 Å². The van der Waals surface area contributed by atoms with Crippen molar-refractivity contribution in [3.8, 4) is 28.4 Å². The van der Waals surface area contributed by atoms with Crippen LogP contribution in [0.3, 0.4) is 0 Å². The molecule has 4 aromatic rings. The molecule has 0 unspecified atom stereocenters. The summed E-state index contributed by atoms with van der Waals surface area (Å²) in [6.07, 6.45) is 3.67. The number of hydrogen-bond acceptors (Lipinski definition) is 7. The number of H-pyrrole nitrogens is 1. The number of carbonyl (C=O) groups excluding carboxylic acids is 1. The number of hydrogen-bond donors (Lipinski definition) is 3. The van der Waals surface area contributed by atoms with Crippen molar-refractivity contribution in [3.05, 3.63) is 36.0 Å². The fourth-order valence-electron chi connectivity index (χ4n) is 3.84. The monoisotopic (exact) mass is 432 g/mol. The molecule has 5 rings (SSSR count). The number of para-hydroxylation sites is 1. The first kappa shape index (κ1) is 20.1. The molecule has 1 fully saturated rings. The highest BCUT2D eigenvalue weighted by Gasteiger charge is 2.30. The van der Waals surface area contributed by atoms with E-state index in [1.54, 1.807) is 20.4 Å². The summed E-state index contributed by atoms with van der Waals surface area (Å²) in [6.45, 7) is 0.651. The second-order valence-corrected chi connectivity index (χ2v) is 7.89. The van der Waals surface area contributed by atoms with Gasteiger partial charge in [0.1, 0.15) is 5.75 Å². The first-order valence-corrected chi connectivity index (χ1v) is 10.5. The molecular formula is C22H24N8O2. The van der Waals surface area contributed by atoms with Gasteiger partial charge in [0.15, 0.2) is 5.82 Å². The number of aromatic amines is 1. The highest BCUT2D eigenvalue weighted by atomic mass is 16.5. The molecule has 10 nitrogen and oxygen atoms in total. The number of benzene rings is 1. The average molecular weight is 432 g/mol. The molecule has 0 saturated heterocycles. The molecule has 3 heterocycles. The van der Waals surface area contributed by atoms with Crippen LogP contribution in [0.2, 0.25) is 0 Å². The molecule has 1 aromatic carbocycles. The number of pyridine rings is 1. The van der Waals surface area contributed by atoms with Crippen molar-refractivity contribution >= 4 is 22.6 Å². The molecule has 32 heavy (non-hydrogen) atoms. The van der Waals surface area contributed by atoms with Crippen LogP contribution in [0.25, 0.3) is 33.5 Å². The predicted octanol–water partition coefficient (Wildman–Crippen LogP) is 2.50. The lowest BCUT2D eigenvalue weighted by molar-refractivity contribution is -0.117. The first-order valence-electron chi connectivity index (χ1n) is 10.5. The van der Waals surface area contributed by atoms with Crippen LogP contribution in [0.5, 0.6) is 5.75 Å². The standard InChI is InChI=1S/C22H24N8O2/c1-23-10-13-11-24-21(26-22(31)12-7-8-12)18-16(13)9-17(25-18)14-5-4-6-15(19(14)32-3)20-27-29-30(2)28-20/h4-6,9,11-12,23,25H,7-8,10H2,1-3H3,(H,24,26,31). The molecule has 10 heteroatoms. The van der Waals surface area contributed by atoms with Gasteiger partial charge in [0.25, 0.3) is 0 Å². The summed E-state index contributed by atoms with van der Waals surface area (Å²) in [5.74, 6) is 1.77. The molecule has 0 atom stereocenters. The number of amides is 1. The smallest absolute Gasteiger partial charge is 0.228 e. The molecule has 164 valence electrons. The van der Waals surface area contributed by atoms with E-state index in [2.05, 4.69) is 42.1 Å². The second-order valence-electron chi connectivity index (χ2n) is 7.89. The molecule has 3 aromatic heterocycles. The van der Waals surface area contributed by atoms with Crippen molar-refractivity contribution in [1.29, 1.82) is 0 Å². The summed E-state index contributed by atoms with van der Waals surface area (Å²) in [4.78, 5) is 21.8. The number of nitrogens with zero attached hydrogens (tertiary/aromatic N) is 5. The normalized spacial score (nSPS) is 13.5. The van der Waals surface area contributed by atoms with Crippen molar-refractivity contribution in [2.45, 2.75) is 19.4 Å². The number of methoxy groups -OCH3 is 1. The van der Waals surface area contributed by atoms with Crippen LogP contribution in [-0.4, -0.2) is 50.2 Å². The lowest BCUT2D eigenvalue weighted by Crippen LogP contribution is -2.15. The quantitative estimate of drug-likeness (QED) is 0.410. The maximum atomic E-state index is 12.4. The molecule has 1 aliphatic rings. The second kappa shape index (κ2) is 8.04. The molecule has 0 bridgehead atoms. The predicted molar refractivity (Wildman–Crippen MR) is 120 cm³/mol. The van der Waals surface area contributed by atoms with E-state index in [9.17, 15) is 4.79 Å². The average Bonchev–Trinajstić information content (AvgIpc) is 3.41. The van der Waals surface area contributed by atoms with Crippen molar-refractivity contribution in [1.82, 2.24) is 35.5 Å². The van der Waals surface area contributed by atoms with E-state index in [0.717, 1.165) is 46.1 Å². The number of nitrogens with one attached hydrogen (secondary N) is 3. The highest BCUT2D eigenvalue weighted by molar-refractivity contribution is 6.03. The van der Waals surface area contributed by atoms with Gasteiger partial charge in [-0.05, 0) is 48.9 Å². The summed E-state index contributed by atoms with van der Waals surface area (Å²) in [5.41, 5.74) is 4.25. The highest BCUT2D eigenvalue weighted by Crippen LogP contribution is 2.39. The third-order valence-electron chi connectivity index (χ3n) is 5.57. The Bertz CT molecular complexity index is 1300. The third kappa shape index (κ3) is 3.58. The van der Waals surface area contributed by atoms with Crippen LogP contribution in [0.4, 0.5) is 5.82 Å². The van der Waals surface area contributed by atoms with E-state index in [0.29, 0.717) is 23.9 Å². The summed E-state index contributed by atoms with van der Waals surface area (Å²) in [7, 11) is 5.23. The van der Waals surface area contributed by atoms with Crippen molar-refractivity contribution in [2.75, 3.05) is 19.5 Å². The Hall–Kier alpha value is -3.79. The topological polar surface area (TPSA) is 123 Å². The van der Waals surface area contributed by atoms with Gasteiger partial charge in [-0.3, -0.25) is 4.79 Å². The number of tetrazole rings is 1. The van der Waals surface area contributed by atoms with Gasteiger partial charge in [0.05, 0.1) is 30.9 Å². The fraction of sp³-hybridized carbons (Fsp3) is 0.318. The number of fused-ring (bicyclic) bond motifs is 1. The molecule has 1 amide bonds. The number of aryl methyl sites for hydroxylation is 1. The Morgan fingerprint density at radius 2 is 2.12 bits per heavy atom. The summed E-state index contributed by atoms with van der Waals surface area (Å²) < 4.78 is 5.77. The van der Waals surface area contributed by atoms with Crippen molar-refractivity contribution < 1.29 is 9.53 Å². The van der Waals surface area contributed by atoms with Crippen LogP contribution in [-0.2, 0) is 18.4 Å². The SMILES string of the molecule is CNCc1cnc(NC(=O)C2CC2)c2[nH]c(-c3cccc(-c4nnn(C)n4)c3OC)cc12. The van der Waals surface area contributed by atoms with E-state index in [-0.39, 0.29) is 11.8 Å². The molecule has 0 radical (unpaired) electrons.